The van der Waals surface area contributed by atoms with Crippen LogP contribution in [-0.2, 0) is 19.0 Å². The van der Waals surface area contributed by atoms with Gasteiger partial charge in [0.05, 0.1) is 26.9 Å². The molecule has 3 rings (SSSR count). The van der Waals surface area contributed by atoms with Gasteiger partial charge in [-0.25, -0.2) is 9.59 Å². The average molecular weight is 520 g/mol. The van der Waals surface area contributed by atoms with Crippen LogP contribution < -0.4 is 14.2 Å². The number of phenolic OH excluding ortho intramolecular Hbond substituents is 1. The standard InChI is InChI=1S/C25H28O12/c1-32-16-10-14(24(31)34-3)11-17(33-2)23(16)37-25-22(30)21(29)20(28)18(36-25)12-35-19(27)9-6-13-4-7-15(26)8-5-13/h4-11,18,20-22,25-26,28-30H,12H2,1-3H3. The highest BCUT2D eigenvalue weighted by Crippen LogP contribution is 2.40. The van der Waals surface area contributed by atoms with Gasteiger partial charge < -0.3 is 48.8 Å². The van der Waals surface area contributed by atoms with Crippen molar-refractivity contribution in [3.8, 4) is 23.0 Å². The molecule has 0 aliphatic carbocycles. The van der Waals surface area contributed by atoms with Gasteiger partial charge in [0.15, 0.2) is 11.5 Å². The van der Waals surface area contributed by atoms with Crippen LogP contribution in [0.1, 0.15) is 15.9 Å². The summed E-state index contributed by atoms with van der Waals surface area (Å²) in [5.41, 5.74) is 0.742. The first-order valence-corrected chi connectivity index (χ1v) is 11.0. The predicted octanol–water partition coefficient (Wildman–Crippen LogP) is 0.639. The molecule has 0 saturated carbocycles. The Balaban J connectivity index is 1.72. The van der Waals surface area contributed by atoms with Crippen molar-refractivity contribution < 1.29 is 58.4 Å². The van der Waals surface area contributed by atoms with Crippen LogP contribution >= 0.6 is 0 Å². The second-order valence-electron chi connectivity index (χ2n) is 7.89. The van der Waals surface area contributed by atoms with Crippen molar-refractivity contribution in [2.75, 3.05) is 27.9 Å². The largest absolute Gasteiger partial charge is 0.508 e. The summed E-state index contributed by atoms with van der Waals surface area (Å²) in [7, 11) is 3.83. The number of benzene rings is 2. The molecule has 5 atom stereocenters. The Morgan fingerprint density at radius 2 is 1.57 bits per heavy atom. The number of esters is 2. The quantitative estimate of drug-likeness (QED) is 0.269. The van der Waals surface area contributed by atoms with Gasteiger partial charge in [-0.15, -0.1) is 0 Å². The number of methoxy groups -OCH3 is 3. The lowest BCUT2D eigenvalue weighted by atomic mass is 9.99. The van der Waals surface area contributed by atoms with Crippen LogP contribution in [0.4, 0.5) is 0 Å². The van der Waals surface area contributed by atoms with Crippen molar-refractivity contribution in [2.24, 2.45) is 0 Å². The first-order chi connectivity index (χ1) is 17.7. The molecule has 1 saturated heterocycles. The maximum atomic E-state index is 12.1. The van der Waals surface area contributed by atoms with E-state index in [1.165, 1.54) is 51.7 Å². The summed E-state index contributed by atoms with van der Waals surface area (Å²) in [4.78, 5) is 24.1. The molecule has 5 unspecified atom stereocenters. The Morgan fingerprint density at radius 3 is 2.14 bits per heavy atom. The lowest BCUT2D eigenvalue weighted by Crippen LogP contribution is -2.60. The third kappa shape index (κ3) is 6.68. The number of carbonyl (C=O) groups excluding carboxylic acids is 2. The first-order valence-electron chi connectivity index (χ1n) is 11.0. The van der Waals surface area contributed by atoms with Gasteiger partial charge in [0.2, 0.25) is 12.0 Å². The molecule has 0 aromatic heterocycles. The molecule has 200 valence electrons. The second kappa shape index (κ2) is 12.4. The number of hydrogen-bond donors (Lipinski definition) is 4. The third-order valence-corrected chi connectivity index (χ3v) is 5.48. The minimum absolute atomic E-state index is 0.0403. The van der Waals surface area contributed by atoms with E-state index in [-0.39, 0.29) is 28.6 Å². The van der Waals surface area contributed by atoms with Crippen LogP contribution in [0.25, 0.3) is 6.08 Å². The number of aliphatic hydroxyl groups excluding tert-OH is 3. The molecule has 4 N–H and O–H groups in total. The number of ether oxygens (including phenoxy) is 6. The van der Waals surface area contributed by atoms with Crippen LogP contribution in [-0.4, -0.2) is 91.0 Å². The highest BCUT2D eigenvalue weighted by Gasteiger charge is 2.46. The van der Waals surface area contributed by atoms with E-state index in [1.807, 2.05) is 0 Å². The zero-order valence-corrected chi connectivity index (χ0v) is 20.3. The average Bonchev–Trinajstić information content (AvgIpc) is 2.91. The minimum atomic E-state index is -1.71. The summed E-state index contributed by atoms with van der Waals surface area (Å²) in [6, 6.07) is 8.74. The molecule has 0 spiro atoms. The SMILES string of the molecule is COC(=O)c1cc(OC)c(OC2OC(COC(=O)C=Cc3ccc(O)cc3)C(O)C(O)C2O)c(OC)c1. The molecular weight excluding hydrogens is 492 g/mol. The van der Waals surface area contributed by atoms with Crippen LogP contribution in [0.5, 0.6) is 23.0 Å². The molecule has 0 amide bonds. The zero-order valence-electron chi connectivity index (χ0n) is 20.3. The molecule has 0 bridgehead atoms. The fourth-order valence-corrected chi connectivity index (χ4v) is 3.46. The Bertz CT molecular complexity index is 1090. The maximum Gasteiger partial charge on any atom is 0.338 e. The number of aromatic hydroxyl groups is 1. The summed E-state index contributed by atoms with van der Waals surface area (Å²) in [5, 5.41) is 40.4. The van der Waals surface area contributed by atoms with E-state index in [0.717, 1.165) is 6.08 Å². The van der Waals surface area contributed by atoms with Crippen molar-refractivity contribution >= 4 is 18.0 Å². The van der Waals surface area contributed by atoms with Gasteiger partial charge in [-0.2, -0.15) is 0 Å². The summed E-state index contributed by atoms with van der Waals surface area (Å²) >= 11 is 0. The molecule has 2 aromatic carbocycles. The van der Waals surface area contributed by atoms with Gasteiger partial charge in [0.1, 0.15) is 36.8 Å². The topological polar surface area (TPSA) is 170 Å². The van der Waals surface area contributed by atoms with Crippen LogP contribution in [0, 0.1) is 0 Å². The fraction of sp³-hybridized carbons (Fsp3) is 0.360. The summed E-state index contributed by atoms with van der Waals surface area (Å²) < 4.78 is 31.7. The van der Waals surface area contributed by atoms with Crippen molar-refractivity contribution in [1.29, 1.82) is 0 Å². The van der Waals surface area contributed by atoms with Gasteiger partial charge in [0.25, 0.3) is 0 Å². The van der Waals surface area contributed by atoms with E-state index in [2.05, 4.69) is 0 Å². The minimum Gasteiger partial charge on any atom is -0.508 e. The molecule has 12 heteroatoms. The van der Waals surface area contributed by atoms with Crippen molar-refractivity contribution in [2.45, 2.75) is 30.7 Å². The van der Waals surface area contributed by atoms with Crippen molar-refractivity contribution in [3.05, 3.63) is 53.6 Å². The highest BCUT2D eigenvalue weighted by molar-refractivity contribution is 5.91. The summed E-state index contributed by atoms with van der Waals surface area (Å²) in [6.07, 6.45) is -5.22. The second-order valence-corrected chi connectivity index (χ2v) is 7.89. The molecule has 1 aliphatic rings. The Labute approximate surface area is 212 Å². The number of carbonyl (C=O) groups is 2. The van der Waals surface area contributed by atoms with E-state index in [9.17, 15) is 30.0 Å². The van der Waals surface area contributed by atoms with Crippen LogP contribution in [0.2, 0.25) is 0 Å². The molecule has 37 heavy (non-hydrogen) atoms. The predicted molar refractivity (Wildman–Crippen MR) is 126 cm³/mol. The van der Waals surface area contributed by atoms with Gasteiger partial charge in [-0.1, -0.05) is 12.1 Å². The van der Waals surface area contributed by atoms with Gasteiger partial charge in [0, 0.05) is 6.08 Å². The number of aliphatic hydroxyl groups is 3. The molecule has 2 aromatic rings. The third-order valence-electron chi connectivity index (χ3n) is 5.48. The first kappa shape index (κ1) is 27.7. The Kier molecular flexibility index (Phi) is 9.31. The number of rotatable bonds is 9. The molecule has 1 heterocycles. The van der Waals surface area contributed by atoms with E-state index in [0.29, 0.717) is 5.56 Å². The van der Waals surface area contributed by atoms with E-state index in [4.69, 9.17) is 28.4 Å². The van der Waals surface area contributed by atoms with Gasteiger partial charge >= 0.3 is 11.9 Å². The lowest BCUT2D eigenvalue weighted by molar-refractivity contribution is -0.278. The van der Waals surface area contributed by atoms with E-state index >= 15 is 0 Å². The van der Waals surface area contributed by atoms with Crippen LogP contribution in [0.15, 0.2) is 42.5 Å². The van der Waals surface area contributed by atoms with E-state index < -0.39 is 49.3 Å². The molecule has 1 aliphatic heterocycles. The fourth-order valence-electron chi connectivity index (χ4n) is 3.46. The monoisotopic (exact) mass is 520 g/mol. The van der Waals surface area contributed by atoms with Crippen molar-refractivity contribution in [3.63, 3.8) is 0 Å². The normalized spacial score (nSPS) is 23.4. The molecule has 0 radical (unpaired) electrons. The molecule has 1 fully saturated rings. The zero-order chi connectivity index (χ0) is 27.1. The Morgan fingerprint density at radius 1 is 0.946 bits per heavy atom. The van der Waals surface area contributed by atoms with E-state index in [1.54, 1.807) is 12.1 Å². The maximum absolute atomic E-state index is 12.1. The Hall–Kier alpha value is -3.84. The van der Waals surface area contributed by atoms with Crippen LogP contribution in [0.3, 0.4) is 0 Å². The highest BCUT2D eigenvalue weighted by atomic mass is 16.7. The van der Waals surface area contributed by atoms with Crippen molar-refractivity contribution in [1.82, 2.24) is 0 Å². The smallest absolute Gasteiger partial charge is 0.338 e. The summed E-state index contributed by atoms with van der Waals surface area (Å²) in [5.74, 6) is -1.31. The summed E-state index contributed by atoms with van der Waals surface area (Å²) in [6.45, 7) is -0.473. The molecular formula is C25H28O12. The van der Waals surface area contributed by atoms with Gasteiger partial charge in [-0.05, 0) is 35.9 Å². The number of hydrogen-bond acceptors (Lipinski definition) is 12. The number of phenols is 1. The molecule has 12 nitrogen and oxygen atoms in total. The lowest BCUT2D eigenvalue weighted by Gasteiger charge is -2.40. The van der Waals surface area contributed by atoms with Gasteiger partial charge in [-0.3, -0.25) is 0 Å².